The molecule has 0 N–H and O–H groups in total. The third-order valence-corrected chi connectivity index (χ3v) is 3.77. The predicted molar refractivity (Wildman–Crippen MR) is 99.0 cm³/mol. The first-order valence-corrected chi connectivity index (χ1v) is 7.84. The lowest BCUT2D eigenvalue weighted by Crippen LogP contribution is -2.08. The Hall–Kier alpha value is -3.15. The Balaban J connectivity index is 2.65. The highest BCUT2D eigenvalue weighted by molar-refractivity contribution is 6.12. The topological polar surface area (TPSA) is 63.2 Å². The van der Waals surface area contributed by atoms with Crippen molar-refractivity contribution < 1.29 is 28.5 Å². The van der Waals surface area contributed by atoms with Gasteiger partial charge in [0.2, 0.25) is 17.2 Å². The van der Waals surface area contributed by atoms with Gasteiger partial charge in [0.1, 0.15) is 5.56 Å². The Bertz CT molecular complexity index is 763. The summed E-state index contributed by atoms with van der Waals surface area (Å²) in [7, 11) is 7.28. The fraction of sp³-hybridized carbons (Fsp3) is 0.250. The van der Waals surface area contributed by atoms with Crippen LogP contribution in [0.3, 0.4) is 0 Å². The summed E-state index contributed by atoms with van der Waals surface area (Å²) in [6.45, 7) is 0. The summed E-state index contributed by atoms with van der Waals surface area (Å²) in [5.41, 5.74) is 1.09. The zero-order valence-electron chi connectivity index (χ0n) is 15.5. The number of rotatable bonds is 8. The molecular formula is C20H22O6. The molecule has 0 fully saturated rings. The number of allylic oxidation sites excluding steroid dienone is 1. The van der Waals surface area contributed by atoms with Crippen molar-refractivity contribution in [2.24, 2.45) is 0 Å². The first-order valence-electron chi connectivity index (χ1n) is 7.84. The Kier molecular flexibility index (Phi) is 6.49. The molecule has 0 bridgehead atoms. The largest absolute Gasteiger partial charge is 0.492 e. The molecule has 0 saturated carbocycles. The second-order valence-electron chi connectivity index (χ2n) is 5.15. The minimum Gasteiger partial charge on any atom is -0.492 e. The molecule has 6 nitrogen and oxygen atoms in total. The zero-order valence-corrected chi connectivity index (χ0v) is 15.5. The lowest BCUT2D eigenvalue weighted by Gasteiger charge is -2.21. The molecule has 0 amide bonds. The van der Waals surface area contributed by atoms with E-state index in [2.05, 4.69) is 0 Å². The summed E-state index contributed by atoms with van der Waals surface area (Å²) in [6, 6.07) is 9.49. The number of hydrogen-bond acceptors (Lipinski definition) is 6. The Morgan fingerprint density at radius 1 is 0.692 bits per heavy atom. The molecule has 2 aromatic rings. The summed E-state index contributed by atoms with van der Waals surface area (Å²) in [6.07, 6.45) is 3.16. The summed E-state index contributed by atoms with van der Waals surface area (Å²) in [5, 5.41) is 0. The summed E-state index contributed by atoms with van der Waals surface area (Å²) >= 11 is 0. The van der Waals surface area contributed by atoms with Crippen LogP contribution in [0.5, 0.6) is 28.7 Å². The molecule has 2 aromatic carbocycles. The molecule has 26 heavy (non-hydrogen) atoms. The van der Waals surface area contributed by atoms with Gasteiger partial charge in [-0.05, 0) is 11.6 Å². The van der Waals surface area contributed by atoms with Crippen LogP contribution in [0.1, 0.15) is 15.9 Å². The van der Waals surface area contributed by atoms with Crippen molar-refractivity contribution in [3.63, 3.8) is 0 Å². The van der Waals surface area contributed by atoms with Crippen molar-refractivity contribution >= 4 is 11.9 Å². The van der Waals surface area contributed by atoms with Crippen LogP contribution in [0.15, 0.2) is 36.4 Å². The van der Waals surface area contributed by atoms with Gasteiger partial charge in [-0.15, -0.1) is 0 Å². The zero-order chi connectivity index (χ0) is 19.1. The van der Waals surface area contributed by atoms with Gasteiger partial charge in [-0.25, -0.2) is 0 Å². The average Bonchev–Trinajstić information content (AvgIpc) is 2.70. The Morgan fingerprint density at radius 3 is 1.54 bits per heavy atom. The molecule has 0 aliphatic heterocycles. The number of carbonyl (C=O) groups excluding carboxylic acids is 1. The lowest BCUT2D eigenvalue weighted by atomic mass is 10.0. The minimum absolute atomic E-state index is 0.191. The highest BCUT2D eigenvalue weighted by Gasteiger charge is 2.31. The van der Waals surface area contributed by atoms with Gasteiger partial charge in [-0.2, -0.15) is 0 Å². The SMILES string of the molecule is COc1c(OC)c(OC)c(C(=O)/C=C/c2ccccc2)c(OC)c1OC. The predicted octanol–water partition coefficient (Wildman–Crippen LogP) is 3.63. The van der Waals surface area contributed by atoms with Crippen LogP contribution >= 0.6 is 0 Å². The second kappa shape index (κ2) is 8.80. The number of ketones is 1. The number of ether oxygens (including phenoxy) is 5. The first-order chi connectivity index (χ1) is 12.6. The van der Waals surface area contributed by atoms with Crippen molar-refractivity contribution in [3.8, 4) is 28.7 Å². The van der Waals surface area contributed by atoms with Crippen molar-refractivity contribution in [1.82, 2.24) is 0 Å². The molecule has 0 aromatic heterocycles. The maximum atomic E-state index is 12.9. The van der Waals surface area contributed by atoms with E-state index >= 15 is 0 Å². The lowest BCUT2D eigenvalue weighted by molar-refractivity contribution is 0.104. The van der Waals surface area contributed by atoms with Crippen LogP contribution < -0.4 is 23.7 Å². The van der Waals surface area contributed by atoms with Crippen LogP contribution in [-0.2, 0) is 0 Å². The third kappa shape index (κ3) is 3.59. The molecule has 0 aliphatic carbocycles. The minimum atomic E-state index is -0.318. The van der Waals surface area contributed by atoms with Gasteiger partial charge >= 0.3 is 0 Å². The van der Waals surface area contributed by atoms with Gasteiger partial charge in [0.05, 0.1) is 35.5 Å². The normalized spacial score (nSPS) is 10.5. The van der Waals surface area contributed by atoms with Crippen LogP contribution in [0.25, 0.3) is 6.08 Å². The third-order valence-electron chi connectivity index (χ3n) is 3.77. The second-order valence-corrected chi connectivity index (χ2v) is 5.15. The van der Waals surface area contributed by atoms with Gasteiger partial charge in [-0.3, -0.25) is 4.79 Å². The molecule has 0 heterocycles. The standard InChI is InChI=1S/C20H22O6/c1-22-16-15(14(21)12-11-13-9-7-6-8-10-13)17(23-2)19(25-4)20(26-5)18(16)24-3/h6-12H,1-5H3/b12-11+. The van der Waals surface area contributed by atoms with Crippen LogP contribution in [0.4, 0.5) is 0 Å². The van der Waals surface area contributed by atoms with Crippen LogP contribution in [0.2, 0.25) is 0 Å². The van der Waals surface area contributed by atoms with Gasteiger partial charge < -0.3 is 23.7 Å². The van der Waals surface area contributed by atoms with E-state index in [4.69, 9.17) is 23.7 Å². The van der Waals surface area contributed by atoms with Gasteiger partial charge in [-0.1, -0.05) is 36.4 Å². The Labute approximate surface area is 152 Å². The molecule has 138 valence electrons. The molecule has 0 atom stereocenters. The van der Waals surface area contributed by atoms with E-state index in [0.717, 1.165) is 5.56 Å². The van der Waals surface area contributed by atoms with Crippen molar-refractivity contribution in [3.05, 3.63) is 47.5 Å². The molecule has 0 radical (unpaired) electrons. The van der Waals surface area contributed by atoms with Gasteiger partial charge in [0.25, 0.3) is 0 Å². The van der Waals surface area contributed by atoms with E-state index in [9.17, 15) is 4.79 Å². The molecule has 0 spiro atoms. The van der Waals surface area contributed by atoms with E-state index in [1.807, 2.05) is 30.3 Å². The molecule has 6 heteroatoms. The van der Waals surface area contributed by atoms with Crippen molar-refractivity contribution in [1.29, 1.82) is 0 Å². The number of methoxy groups -OCH3 is 5. The summed E-state index contributed by atoms with van der Waals surface area (Å²) < 4.78 is 27.0. The van der Waals surface area contributed by atoms with Crippen LogP contribution in [0, 0.1) is 0 Å². The van der Waals surface area contributed by atoms with E-state index < -0.39 is 0 Å². The highest BCUT2D eigenvalue weighted by Crippen LogP contribution is 2.53. The fourth-order valence-corrected chi connectivity index (χ4v) is 2.63. The van der Waals surface area contributed by atoms with Crippen molar-refractivity contribution in [2.45, 2.75) is 0 Å². The number of benzene rings is 2. The monoisotopic (exact) mass is 358 g/mol. The van der Waals surface area contributed by atoms with E-state index in [0.29, 0.717) is 0 Å². The smallest absolute Gasteiger partial charge is 0.211 e. The maximum absolute atomic E-state index is 12.9. The average molecular weight is 358 g/mol. The molecule has 0 saturated heterocycles. The van der Waals surface area contributed by atoms with Gasteiger partial charge in [0.15, 0.2) is 17.3 Å². The molecule has 0 aliphatic rings. The van der Waals surface area contributed by atoms with E-state index in [-0.39, 0.29) is 40.1 Å². The summed E-state index contributed by atoms with van der Waals surface area (Å²) in [4.78, 5) is 12.9. The fourth-order valence-electron chi connectivity index (χ4n) is 2.63. The number of carbonyl (C=O) groups is 1. The maximum Gasteiger partial charge on any atom is 0.211 e. The van der Waals surface area contributed by atoms with E-state index in [1.165, 1.54) is 41.6 Å². The Morgan fingerprint density at radius 2 is 1.12 bits per heavy atom. The first kappa shape index (κ1) is 19.2. The highest BCUT2D eigenvalue weighted by atomic mass is 16.6. The molecular weight excluding hydrogens is 336 g/mol. The number of hydrogen-bond donors (Lipinski definition) is 0. The van der Waals surface area contributed by atoms with Crippen LogP contribution in [-0.4, -0.2) is 41.3 Å². The quantitative estimate of drug-likeness (QED) is 0.530. The van der Waals surface area contributed by atoms with Crippen molar-refractivity contribution in [2.75, 3.05) is 35.5 Å². The van der Waals surface area contributed by atoms with E-state index in [1.54, 1.807) is 6.08 Å². The van der Waals surface area contributed by atoms with Gasteiger partial charge in [0, 0.05) is 0 Å². The molecule has 0 unspecified atom stereocenters. The summed E-state index contributed by atoms with van der Waals surface area (Å²) in [5.74, 6) is 0.900. The molecule has 2 rings (SSSR count).